The number of aryl methyl sites for hydroxylation is 1. The molecule has 0 saturated carbocycles. The second kappa shape index (κ2) is 11.2. The summed E-state index contributed by atoms with van der Waals surface area (Å²) < 4.78 is 26.9. The number of anilines is 1. The molecule has 1 aromatic heterocycles. The van der Waals surface area contributed by atoms with E-state index >= 15 is 0 Å². The number of aromatic nitrogens is 2. The van der Waals surface area contributed by atoms with Crippen molar-refractivity contribution < 1.29 is 23.5 Å². The molecule has 5 rings (SSSR count). The van der Waals surface area contributed by atoms with E-state index in [1.807, 2.05) is 6.07 Å². The summed E-state index contributed by atoms with van der Waals surface area (Å²) in [6, 6.07) is 18.6. The summed E-state index contributed by atoms with van der Waals surface area (Å²) in [7, 11) is 3.09. The van der Waals surface area contributed by atoms with Crippen molar-refractivity contribution in [3.8, 4) is 17.0 Å². The number of nitrogens with one attached hydrogen (secondary N) is 1. The van der Waals surface area contributed by atoms with E-state index < -0.39 is 11.8 Å². The van der Waals surface area contributed by atoms with Crippen LogP contribution in [-0.2, 0) is 24.9 Å². The largest absolute Gasteiger partial charge is 0.488 e. The molecule has 1 aliphatic heterocycles. The number of halogens is 2. The van der Waals surface area contributed by atoms with E-state index in [0.717, 1.165) is 11.3 Å². The molecule has 200 valence electrons. The van der Waals surface area contributed by atoms with E-state index in [-0.39, 0.29) is 31.3 Å². The Morgan fingerprint density at radius 3 is 2.77 bits per heavy atom. The van der Waals surface area contributed by atoms with Crippen molar-refractivity contribution in [1.29, 1.82) is 0 Å². The van der Waals surface area contributed by atoms with Gasteiger partial charge in [-0.2, -0.15) is 5.10 Å². The summed E-state index contributed by atoms with van der Waals surface area (Å²) in [6.45, 7) is 0.800. The number of amides is 1. The van der Waals surface area contributed by atoms with E-state index in [4.69, 9.17) is 21.1 Å². The van der Waals surface area contributed by atoms with Crippen LogP contribution < -0.4 is 10.1 Å². The molecule has 1 N–H and O–H groups in total. The van der Waals surface area contributed by atoms with E-state index in [2.05, 4.69) is 10.4 Å². The average molecular weight is 549 g/mol. The number of carbonyl (C=O) groups excluding carboxylic acids is 2. The molecule has 10 heteroatoms. The van der Waals surface area contributed by atoms with Gasteiger partial charge in [-0.15, -0.1) is 0 Å². The van der Waals surface area contributed by atoms with Crippen LogP contribution in [0.25, 0.3) is 11.3 Å². The fraction of sp³-hybridized carbons (Fsp3) is 0.207. The van der Waals surface area contributed by atoms with Crippen molar-refractivity contribution in [2.45, 2.75) is 13.2 Å². The molecule has 8 nitrogen and oxygen atoms in total. The van der Waals surface area contributed by atoms with Gasteiger partial charge in [0.05, 0.1) is 18.4 Å². The van der Waals surface area contributed by atoms with E-state index in [9.17, 15) is 14.0 Å². The molecule has 1 amide bonds. The number of esters is 1. The molecule has 0 spiro atoms. The molecule has 3 aromatic carbocycles. The lowest BCUT2D eigenvalue weighted by molar-refractivity contribution is 0.0600. The first-order chi connectivity index (χ1) is 18.9. The monoisotopic (exact) mass is 548 g/mol. The highest BCUT2D eigenvalue weighted by molar-refractivity contribution is 6.31. The highest BCUT2D eigenvalue weighted by Gasteiger charge is 2.31. The van der Waals surface area contributed by atoms with Gasteiger partial charge in [-0.3, -0.25) is 9.48 Å². The number of ether oxygens (including phenoxy) is 2. The molecule has 1 aliphatic rings. The van der Waals surface area contributed by atoms with Crippen LogP contribution in [0, 0.1) is 5.82 Å². The quantitative estimate of drug-likeness (QED) is 0.300. The van der Waals surface area contributed by atoms with Gasteiger partial charge >= 0.3 is 5.97 Å². The van der Waals surface area contributed by atoms with Gasteiger partial charge < -0.3 is 19.7 Å². The summed E-state index contributed by atoms with van der Waals surface area (Å²) in [5, 5.41) is 8.32. The predicted molar refractivity (Wildman–Crippen MR) is 145 cm³/mol. The Balaban J connectivity index is 1.42. The molecule has 0 atom stereocenters. The standard InChI is InChI=1S/C29H26ClFN4O4/c1-34-27-22-15-20(30)10-11-25(22)39-17-23(27)26(33-34)28(36)35(16-19-6-3-4-9-24(19)31)13-12-32-21-8-5-7-18(14-21)29(37)38-2/h3-11,14-15,32H,12-13,16-17H2,1-2H3. The average Bonchev–Trinajstić information content (AvgIpc) is 3.29. The Labute approximate surface area is 229 Å². The number of benzene rings is 3. The number of nitrogens with zero attached hydrogens (tertiary/aromatic N) is 3. The van der Waals surface area contributed by atoms with Crippen LogP contribution in [0.15, 0.2) is 66.7 Å². The van der Waals surface area contributed by atoms with Crippen molar-refractivity contribution in [2.75, 3.05) is 25.5 Å². The maximum atomic E-state index is 14.6. The topological polar surface area (TPSA) is 85.7 Å². The Morgan fingerprint density at radius 2 is 1.97 bits per heavy atom. The normalized spacial score (nSPS) is 11.7. The molecule has 4 aromatic rings. The fourth-order valence-corrected chi connectivity index (χ4v) is 4.79. The molecule has 0 aliphatic carbocycles. The summed E-state index contributed by atoms with van der Waals surface area (Å²) in [4.78, 5) is 27.3. The molecule has 0 saturated heterocycles. The van der Waals surface area contributed by atoms with Gasteiger partial charge in [0, 0.05) is 54.1 Å². The molecule has 39 heavy (non-hydrogen) atoms. The molecule has 0 unspecified atom stereocenters. The number of rotatable bonds is 8. The highest BCUT2D eigenvalue weighted by atomic mass is 35.5. The van der Waals surface area contributed by atoms with Crippen LogP contribution in [0.1, 0.15) is 32.0 Å². The van der Waals surface area contributed by atoms with Crippen LogP contribution >= 0.6 is 11.6 Å². The summed E-state index contributed by atoms with van der Waals surface area (Å²) in [6.07, 6.45) is 0. The van der Waals surface area contributed by atoms with Crippen molar-refractivity contribution in [2.24, 2.45) is 7.05 Å². The molecular formula is C29H26ClFN4O4. The van der Waals surface area contributed by atoms with Crippen LogP contribution in [0.2, 0.25) is 5.02 Å². The molecular weight excluding hydrogens is 523 g/mol. The maximum Gasteiger partial charge on any atom is 0.337 e. The third kappa shape index (κ3) is 5.44. The van der Waals surface area contributed by atoms with Crippen LogP contribution in [-0.4, -0.2) is 46.8 Å². The second-order valence-electron chi connectivity index (χ2n) is 9.05. The lowest BCUT2D eigenvalue weighted by Crippen LogP contribution is -2.36. The van der Waals surface area contributed by atoms with Gasteiger partial charge in [0.25, 0.3) is 5.91 Å². The zero-order valence-corrected chi connectivity index (χ0v) is 22.2. The van der Waals surface area contributed by atoms with Gasteiger partial charge in [0.1, 0.15) is 18.2 Å². The molecule has 0 radical (unpaired) electrons. The Bertz CT molecular complexity index is 1550. The summed E-state index contributed by atoms with van der Waals surface area (Å²) in [5.74, 6) is -0.534. The maximum absolute atomic E-state index is 14.6. The number of methoxy groups -OCH3 is 1. The highest BCUT2D eigenvalue weighted by Crippen LogP contribution is 2.40. The van der Waals surface area contributed by atoms with Gasteiger partial charge in [0.15, 0.2) is 5.69 Å². The van der Waals surface area contributed by atoms with Crippen molar-refractivity contribution >= 4 is 29.2 Å². The SMILES string of the molecule is COC(=O)c1cccc(NCCN(Cc2ccccc2F)C(=O)c2nn(C)c3c2COc2ccc(Cl)cc2-3)c1. The zero-order valence-electron chi connectivity index (χ0n) is 21.4. The van der Waals surface area contributed by atoms with Gasteiger partial charge in [0.2, 0.25) is 0 Å². The van der Waals surface area contributed by atoms with Crippen LogP contribution in [0.5, 0.6) is 5.75 Å². The molecule has 0 bridgehead atoms. The van der Waals surface area contributed by atoms with E-state index in [1.54, 1.807) is 71.2 Å². The van der Waals surface area contributed by atoms with Gasteiger partial charge in [-0.05, 0) is 42.5 Å². The van der Waals surface area contributed by atoms with Crippen LogP contribution in [0.4, 0.5) is 10.1 Å². The lowest BCUT2D eigenvalue weighted by Gasteiger charge is -2.24. The van der Waals surface area contributed by atoms with Crippen molar-refractivity contribution in [1.82, 2.24) is 14.7 Å². The van der Waals surface area contributed by atoms with Crippen molar-refractivity contribution in [3.05, 3.63) is 100.0 Å². The first kappa shape index (κ1) is 26.2. The minimum atomic E-state index is -0.444. The molecule has 2 heterocycles. The Kier molecular flexibility index (Phi) is 7.51. The third-order valence-corrected chi connectivity index (χ3v) is 6.75. The van der Waals surface area contributed by atoms with Gasteiger partial charge in [-0.1, -0.05) is 35.9 Å². The fourth-order valence-electron chi connectivity index (χ4n) is 4.62. The number of hydrogen-bond donors (Lipinski definition) is 1. The van der Waals surface area contributed by atoms with Gasteiger partial charge in [-0.25, -0.2) is 9.18 Å². The Morgan fingerprint density at radius 1 is 1.15 bits per heavy atom. The number of hydrogen-bond acceptors (Lipinski definition) is 6. The van der Waals surface area contributed by atoms with Crippen molar-refractivity contribution in [3.63, 3.8) is 0 Å². The minimum absolute atomic E-state index is 0.0456. The smallest absolute Gasteiger partial charge is 0.337 e. The first-order valence-corrected chi connectivity index (χ1v) is 12.7. The summed E-state index contributed by atoms with van der Waals surface area (Å²) in [5.41, 5.74) is 3.88. The van der Waals surface area contributed by atoms with E-state index in [1.165, 1.54) is 13.2 Å². The van der Waals surface area contributed by atoms with Crippen LogP contribution in [0.3, 0.4) is 0 Å². The number of fused-ring (bicyclic) bond motifs is 3. The second-order valence-corrected chi connectivity index (χ2v) is 9.48. The lowest BCUT2D eigenvalue weighted by atomic mass is 10.0. The van der Waals surface area contributed by atoms with E-state index in [0.29, 0.717) is 39.7 Å². The number of carbonyl (C=O) groups is 2. The first-order valence-electron chi connectivity index (χ1n) is 12.3. The zero-order chi connectivity index (χ0) is 27.5. The summed E-state index contributed by atoms with van der Waals surface area (Å²) >= 11 is 6.23. The molecule has 0 fully saturated rings. The predicted octanol–water partition coefficient (Wildman–Crippen LogP) is 5.31. The minimum Gasteiger partial charge on any atom is -0.488 e. The Hall–Kier alpha value is -4.37. The third-order valence-electron chi connectivity index (χ3n) is 6.52.